The maximum absolute atomic E-state index is 11.7. The number of esters is 1. The lowest BCUT2D eigenvalue weighted by Gasteiger charge is -2.29. The minimum Gasteiger partial charge on any atom is -0.469 e. The molecule has 0 aromatic heterocycles. The first-order chi connectivity index (χ1) is 11.7. The first-order valence-corrected chi connectivity index (χ1v) is 8.67. The smallest absolute Gasteiger partial charge is 0.307 e. The van der Waals surface area contributed by atoms with Gasteiger partial charge in [0.05, 0.1) is 13.5 Å². The number of methoxy groups -OCH3 is 1. The minimum absolute atomic E-state index is 0.0921. The van der Waals surface area contributed by atoms with E-state index in [1.165, 1.54) is 36.6 Å². The fourth-order valence-corrected chi connectivity index (χ4v) is 3.55. The molecule has 1 fully saturated rings. The van der Waals surface area contributed by atoms with Gasteiger partial charge in [-0.1, -0.05) is 67.4 Å². The quantitative estimate of drug-likeness (QED) is 0.805. The number of hydrogen-bond acceptors (Lipinski definition) is 3. The van der Waals surface area contributed by atoms with E-state index < -0.39 is 0 Å². The fraction of sp³-hybridized carbons (Fsp3) is 0.381. The molecule has 24 heavy (non-hydrogen) atoms. The predicted octanol–water partition coefficient (Wildman–Crippen LogP) is 4.32. The maximum atomic E-state index is 11.7. The van der Waals surface area contributed by atoms with E-state index in [-0.39, 0.29) is 11.5 Å². The Morgan fingerprint density at radius 2 is 1.62 bits per heavy atom. The number of rotatable bonds is 6. The van der Waals surface area contributed by atoms with E-state index in [2.05, 4.69) is 53.8 Å². The summed E-state index contributed by atoms with van der Waals surface area (Å²) in [7, 11) is 1.47. The molecule has 3 heteroatoms. The van der Waals surface area contributed by atoms with Crippen molar-refractivity contribution in [3.8, 4) is 11.1 Å². The van der Waals surface area contributed by atoms with Gasteiger partial charge in [-0.3, -0.25) is 4.79 Å². The zero-order chi connectivity index (χ0) is 16.8. The summed E-state index contributed by atoms with van der Waals surface area (Å²) in [5.74, 6) is -0.121. The van der Waals surface area contributed by atoms with Crippen LogP contribution in [0, 0.1) is 0 Å². The van der Waals surface area contributed by atoms with Crippen LogP contribution < -0.4 is 5.32 Å². The van der Waals surface area contributed by atoms with Crippen LogP contribution in [0.25, 0.3) is 11.1 Å². The summed E-state index contributed by atoms with van der Waals surface area (Å²) in [6.45, 7) is 0.784. The Balaban J connectivity index is 1.64. The van der Waals surface area contributed by atoms with Crippen LogP contribution in [-0.4, -0.2) is 18.6 Å². The molecular formula is C21H25NO2. The summed E-state index contributed by atoms with van der Waals surface area (Å²) in [6.07, 6.45) is 4.91. The number of carbonyl (C=O) groups excluding carboxylic acids is 1. The third-order valence-corrected chi connectivity index (χ3v) is 5.00. The number of carbonyl (C=O) groups is 1. The van der Waals surface area contributed by atoms with Crippen molar-refractivity contribution in [2.45, 2.75) is 44.2 Å². The van der Waals surface area contributed by atoms with Crippen LogP contribution >= 0.6 is 0 Å². The van der Waals surface area contributed by atoms with Gasteiger partial charge < -0.3 is 10.1 Å². The second-order valence-corrected chi connectivity index (χ2v) is 6.66. The average molecular weight is 323 g/mol. The highest BCUT2D eigenvalue weighted by Crippen LogP contribution is 2.33. The van der Waals surface area contributed by atoms with Crippen molar-refractivity contribution >= 4 is 5.97 Å². The van der Waals surface area contributed by atoms with Gasteiger partial charge in [-0.2, -0.15) is 0 Å². The molecule has 0 amide bonds. The summed E-state index contributed by atoms with van der Waals surface area (Å²) in [6, 6.07) is 19.0. The Kier molecular flexibility index (Phi) is 5.31. The van der Waals surface area contributed by atoms with Crippen LogP contribution in [0.2, 0.25) is 0 Å². The van der Waals surface area contributed by atoms with Crippen molar-refractivity contribution in [3.05, 3.63) is 60.2 Å². The van der Waals surface area contributed by atoms with Crippen molar-refractivity contribution < 1.29 is 9.53 Å². The Morgan fingerprint density at radius 3 is 2.25 bits per heavy atom. The van der Waals surface area contributed by atoms with Crippen LogP contribution in [0.1, 0.15) is 37.7 Å². The van der Waals surface area contributed by atoms with Gasteiger partial charge in [0.1, 0.15) is 0 Å². The first kappa shape index (κ1) is 16.7. The van der Waals surface area contributed by atoms with Gasteiger partial charge in [0.2, 0.25) is 0 Å². The summed E-state index contributed by atoms with van der Waals surface area (Å²) in [5.41, 5.74) is 3.61. The summed E-state index contributed by atoms with van der Waals surface area (Å²) < 4.78 is 4.88. The first-order valence-electron chi connectivity index (χ1n) is 8.67. The minimum atomic E-state index is -0.121. The van der Waals surface area contributed by atoms with Gasteiger partial charge in [0, 0.05) is 12.1 Å². The number of hydrogen-bond donors (Lipinski definition) is 1. The Hall–Kier alpha value is -2.13. The summed E-state index contributed by atoms with van der Waals surface area (Å²) in [4.78, 5) is 11.7. The Bertz CT molecular complexity index is 658. The molecule has 0 unspecified atom stereocenters. The highest BCUT2D eigenvalue weighted by atomic mass is 16.5. The number of ether oxygens (including phenoxy) is 1. The van der Waals surface area contributed by atoms with Crippen LogP contribution in [0.4, 0.5) is 0 Å². The van der Waals surface area contributed by atoms with Crippen LogP contribution in [0.5, 0.6) is 0 Å². The van der Waals surface area contributed by atoms with Crippen molar-refractivity contribution in [2.24, 2.45) is 0 Å². The highest BCUT2D eigenvalue weighted by Gasteiger charge is 2.35. The van der Waals surface area contributed by atoms with Crippen molar-refractivity contribution in [1.29, 1.82) is 0 Å². The van der Waals surface area contributed by atoms with Gasteiger partial charge in [-0.25, -0.2) is 0 Å². The largest absolute Gasteiger partial charge is 0.469 e. The molecule has 126 valence electrons. The molecular weight excluding hydrogens is 298 g/mol. The van der Waals surface area contributed by atoms with Gasteiger partial charge in [-0.05, 0) is 29.5 Å². The molecule has 2 aromatic carbocycles. The predicted molar refractivity (Wildman–Crippen MR) is 96.5 cm³/mol. The second-order valence-electron chi connectivity index (χ2n) is 6.66. The third-order valence-electron chi connectivity index (χ3n) is 5.00. The lowest BCUT2D eigenvalue weighted by atomic mass is 9.92. The SMILES string of the molecule is COC(=O)CC1(NCc2ccc(-c3ccccc3)cc2)CCCC1. The van der Waals surface area contributed by atoms with Crippen molar-refractivity contribution in [1.82, 2.24) is 5.32 Å². The molecule has 0 bridgehead atoms. The molecule has 1 saturated carbocycles. The molecule has 1 aliphatic rings. The molecule has 0 heterocycles. The molecule has 0 radical (unpaired) electrons. The van der Waals surface area contributed by atoms with Gasteiger partial charge in [0.25, 0.3) is 0 Å². The maximum Gasteiger partial charge on any atom is 0.307 e. The molecule has 3 nitrogen and oxygen atoms in total. The van der Waals surface area contributed by atoms with E-state index in [1.807, 2.05) is 6.07 Å². The van der Waals surface area contributed by atoms with Crippen molar-refractivity contribution in [3.63, 3.8) is 0 Å². The normalized spacial score (nSPS) is 16.0. The van der Waals surface area contributed by atoms with Crippen LogP contribution in [0.3, 0.4) is 0 Å². The van der Waals surface area contributed by atoms with Crippen molar-refractivity contribution in [2.75, 3.05) is 7.11 Å². The zero-order valence-electron chi connectivity index (χ0n) is 14.3. The van der Waals surface area contributed by atoms with Gasteiger partial charge in [-0.15, -0.1) is 0 Å². The number of nitrogens with one attached hydrogen (secondary N) is 1. The molecule has 0 atom stereocenters. The molecule has 0 aliphatic heterocycles. The monoisotopic (exact) mass is 323 g/mol. The van der Waals surface area contributed by atoms with Crippen LogP contribution in [0.15, 0.2) is 54.6 Å². The molecule has 2 aromatic rings. The fourth-order valence-electron chi connectivity index (χ4n) is 3.55. The number of benzene rings is 2. The molecule has 1 aliphatic carbocycles. The molecule has 0 saturated heterocycles. The molecule has 1 N–H and O–H groups in total. The third kappa shape index (κ3) is 4.04. The Labute approximate surface area is 144 Å². The standard InChI is InChI=1S/C21H25NO2/c1-24-20(23)15-21(13-5-6-14-21)22-16-17-9-11-19(12-10-17)18-7-3-2-4-8-18/h2-4,7-12,22H,5-6,13-16H2,1H3. The van der Waals surface area contributed by atoms with Crippen LogP contribution in [-0.2, 0) is 16.1 Å². The van der Waals surface area contributed by atoms with E-state index in [4.69, 9.17) is 4.74 Å². The zero-order valence-corrected chi connectivity index (χ0v) is 14.3. The summed E-state index contributed by atoms with van der Waals surface area (Å²) in [5, 5.41) is 3.64. The highest BCUT2D eigenvalue weighted by molar-refractivity contribution is 5.70. The second kappa shape index (κ2) is 7.63. The van der Waals surface area contributed by atoms with E-state index in [9.17, 15) is 4.79 Å². The van der Waals surface area contributed by atoms with E-state index in [1.54, 1.807) is 0 Å². The molecule has 0 spiro atoms. The lowest BCUT2D eigenvalue weighted by Crippen LogP contribution is -2.44. The average Bonchev–Trinajstić information content (AvgIpc) is 3.10. The topological polar surface area (TPSA) is 38.3 Å². The van der Waals surface area contributed by atoms with E-state index in [0.29, 0.717) is 6.42 Å². The Morgan fingerprint density at radius 1 is 1.00 bits per heavy atom. The van der Waals surface area contributed by atoms with Gasteiger partial charge >= 0.3 is 5.97 Å². The van der Waals surface area contributed by atoms with E-state index in [0.717, 1.165) is 19.4 Å². The van der Waals surface area contributed by atoms with E-state index >= 15 is 0 Å². The lowest BCUT2D eigenvalue weighted by molar-refractivity contribution is -0.142. The summed E-state index contributed by atoms with van der Waals surface area (Å²) >= 11 is 0. The molecule has 3 rings (SSSR count). The van der Waals surface area contributed by atoms with Gasteiger partial charge in [0.15, 0.2) is 0 Å².